The van der Waals surface area contributed by atoms with Gasteiger partial charge in [-0.2, -0.15) is 10.2 Å². The molecule has 0 atom stereocenters. The summed E-state index contributed by atoms with van der Waals surface area (Å²) in [4.78, 5) is 25.6. The molecule has 8 nitrogen and oxygen atoms in total. The molecule has 9 heteroatoms. The highest BCUT2D eigenvalue weighted by Gasteiger charge is 2.16. The number of nitrogens with one attached hydrogen (secondary N) is 2. The molecule has 154 valence electrons. The Morgan fingerprint density at radius 2 is 1.97 bits per heavy atom. The van der Waals surface area contributed by atoms with Crippen molar-refractivity contribution in [2.45, 2.75) is 52.6 Å². The van der Waals surface area contributed by atoms with Crippen LogP contribution in [0.15, 0.2) is 29.1 Å². The van der Waals surface area contributed by atoms with E-state index in [1.165, 1.54) is 4.68 Å². The van der Waals surface area contributed by atoms with Gasteiger partial charge in [0.05, 0.1) is 5.39 Å². The number of hydrogen-bond donors (Lipinski definition) is 2. The Hall–Kier alpha value is -2.81. The Morgan fingerprint density at radius 1 is 1.21 bits per heavy atom. The van der Waals surface area contributed by atoms with Crippen LogP contribution >= 0.6 is 12.2 Å². The molecule has 0 spiro atoms. The van der Waals surface area contributed by atoms with Crippen molar-refractivity contribution in [3.63, 3.8) is 0 Å². The van der Waals surface area contributed by atoms with E-state index in [0.717, 1.165) is 25.1 Å². The summed E-state index contributed by atoms with van der Waals surface area (Å²) in [7, 11) is 0. The topological polar surface area (TPSA) is 97.6 Å². The number of aromatic amines is 1. The Labute approximate surface area is 173 Å². The second-order valence-corrected chi connectivity index (χ2v) is 7.21. The smallest absolute Gasteiger partial charge is 0.274 e. The maximum absolute atomic E-state index is 12.9. The number of fused-ring (bicyclic) bond motifs is 1. The summed E-state index contributed by atoms with van der Waals surface area (Å²) < 4.78 is 3.87. The normalized spacial score (nSPS) is 11.1. The summed E-state index contributed by atoms with van der Waals surface area (Å²) in [6.45, 7) is 5.71. The van der Waals surface area contributed by atoms with E-state index >= 15 is 0 Å². The minimum atomic E-state index is -0.303. The maximum Gasteiger partial charge on any atom is 0.274 e. The SMILES string of the molecule is CCCCCn1nc(C(=O)NCCc2n[nH]c(=S)n2CC)c2ccccc2c1=O. The molecule has 0 aliphatic heterocycles. The summed E-state index contributed by atoms with van der Waals surface area (Å²) in [5, 5.41) is 15.3. The number of aryl methyl sites for hydroxylation is 1. The van der Waals surface area contributed by atoms with E-state index in [-0.39, 0.29) is 17.2 Å². The lowest BCUT2D eigenvalue weighted by Gasteiger charge is -2.11. The van der Waals surface area contributed by atoms with Crippen molar-refractivity contribution in [1.82, 2.24) is 29.9 Å². The third kappa shape index (κ3) is 4.61. The lowest BCUT2D eigenvalue weighted by molar-refractivity contribution is 0.0948. The molecule has 0 saturated carbocycles. The number of amides is 1. The fraction of sp³-hybridized carbons (Fsp3) is 0.450. The molecule has 0 bridgehead atoms. The van der Waals surface area contributed by atoms with Gasteiger partial charge in [0.15, 0.2) is 10.5 Å². The molecule has 1 amide bonds. The molecular formula is C20H26N6O2S. The first-order valence-electron chi connectivity index (χ1n) is 9.99. The highest BCUT2D eigenvalue weighted by molar-refractivity contribution is 7.71. The molecule has 2 aromatic heterocycles. The Morgan fingerprint density at radius 3 is 2.69 bits per heavy atom. The molecule has 0 fully saturated rings. The molecule has 0 aliphatic carbocycles. The van der Waals surface area contributed by atoms with Crippen molar-refractivity contribution in [2.24, 2.45) is 0 Å². The standard InChI is InChI=1S/C20H26N6O2S/c1-3-5-8-13-26-19(28)15-10-7-6-9-14(15)17(24-26)18(27)21-12-11-16-22-23-20(29)25(16)4-2/h6-7,9-10H,3-5,8,11-13H2,1-2H3,(H,21,27)(H,23,29). The number of nitrogens with zero attached hydrogens (tertiary/aromatic N) is 4. The number of rotatable bonds is 9. The fourth-order valence-corrected chi connectivity index (χ4v) is 3.58. The van der Waals surface area contributed by atoms with Crippen LogP contribution in [-0.2, 0) is 19.5 Å². The summed E-state index contributed by atoms with van der Waals surface area (Å²) in [6.07, 6.45) is 3.45. The zero-order chi connectivity index (χ0) is 20.8. The zero-order valence-corrected chi connectivity index (χ0v) is 17.6. The Balaban J connectivity index is 1.81. The highest BCUT2D eigenvalue weighted by atomic mass is 32.1. The van der Waals surface area contributed by atoms with Crippen molar-refractivity contribution in [3.05, 3.63) is 50.9 Å². The average Bonchev–Trinajstić information content (AvgIpc) is 3.09. The molecule has 29 heavy (non-hydrogen) atoms. The van der Waals surface area contributed by atoms with Gasteiger partial charge in [-0.3, -0.25) is 14.7 Å². The number of H-pyrrole nitrogens is 1. The van der Waals surface area contributed by atoms with Gasteiger partial charge in [0.25, 0.3) is 11.5 Å². The van der Waals surface area contributed by atoms with Crippen molar-refractivity contribution in [2.75, 3.05) is 6.54 Å². The maximum atomic E-state index is 12.9. The lowest BCUT2D eigenvalue weighted by atomic mass is 10.1. The molecule has 0 unspecified atom stereocenters. The van der Waals surface area contributed by atoms with E-state index in [2.05, 4.69) is 27.5 Å². The summed E-state index contributed by atoms with van der Waals surface area (Å²) in [6, 6.07) is 7.11. The Bertz CT molecular complexity index is 1110. The van der Waals surface area contributed by atoms with E-state index in [1.807, 2.05) is 11.5 Å². The number of benzene rings is 1. The van der Waals surface area contributed by atoms with Crippen LogP contribution in [0.5, 0.6) is 0 Å². The van der Waals surface area contributed by atoms with Crippen LogP contribution in [-0.4, -0.2) is 37.0 Å². The molecule has 0 saturated heterocycles. The third-order valence-electron chi connectivity index (χ3n) is 4.84. The minimum absolute atomic E-state index is 0.160. The molecule has 2 N–H and O–H groups in total. The second kappa shape index (κ2) is 9.60. The first-order valence-corrected chi connectivity index (χ1v) is 10.4. The monoisotopic (exact) mass is 414 g/mol. The van der Waals surface area contributed by atoms with Gasteiger partial charge in [-0.25, -0.2) is 4.68 Å². The number of hydrogen-bond acceptors (Lipinski definition) is 5. The molecule has 2 heterocycles. The van der Waals surface area contributed by atoms with Gasteiger partial charge in [-0.05, 0) is 31.6 Å². The van der Waals surface area contributed by atoms with Crippen LogP contribution in [0.25, 0.3) is 10.8 Å². The number of carbonyl (C=O) groups excluding carboxylic acids is 1. The molecule has 3 rings (SSSR count). The van der Waals surface area contributed by atoms with Gasteiger partial charge in [-0.15, -0.1) is 0 Å². The zero-order valence-electron chi connectivity index (χ0n) is 16.8. The summed E-state index contributed by atoms with van der Waals surface area (Å²) in [5.41, 5.74) is 0.109. The van der Waals surface area contributed by atoms with E-state index in [0.29, 0.717) is 41.6 Å². The van der Waals surface area contributed by atoms with Crippen LogP contribution in [0.4, 0.5) is 0 Å². The van der Waals surface area contributed by atoms with E-state index in [9.17, 15) is 9.59 Å². The third-order valence-corrected chi connectivity index (χ3v) is 5.16. The number of aromatic nitrogens is 5. The van der Waals surface area contributed by atoms with Crippen LogP contribution < -0.4 is 10.9 Å². The second-order valence-electron chi connectivity index (χ2n) is 6.82. The number of carbonyl (C=O) groups is 1. The molecule has 0 radical (unpaired) electrons. The van der Waals surface area contributed by atoms with Gasteiger partial charge in [0.1, 0.15) is 5.82 Å². The Kier molecular flexibility index (Phi) is 6.92. The van der Waals surface area contributed by atoms with Crippen molar-refractivity contribution in [3.8, 4) is 0 Å². The molecular weight excluding hydrogens is 388 g/mol. The summed E-state index contributed by atoms with van der Waals surface area (Å²) in [5.74, 6) is 0.489. The van der Waals surface area contributed by atoms with Crippen LogP contribution in [0.2, 0.25) is 0 Å². The van der Waals surface area contributed by atoms with Gasteiger partial charge >= 0.3 is 0 Å². The average molecular weight is 415 g/mol. The van der Waals surface area contributed by atoms with Crippen LogP contribution in [0, 0.1) is 4.77 Å². The van der Waals surface area contributed by atoms with Crippen molar-refractivity contribution >= 4 is 28.9 Å². The van der Waals surface area contributed by atoms with Crippen molar-refractivity contribution in [1.29, 1.82) is 0 Å². The minimum Gasteiger partial charge on any atom is -0.350 e. The summed E-state index contributed by atoms with van der Waals surface area (Å²) >= 11 is 5.19. The molecule has 3 aromatic rings. The lowest BCUT2D eigenvalue weighted by Crippen LogP contribution is -2.32. The molecule has 1 aromatic carbocycles. The van der Waals surface area contributed by atoms with Crippen molar-refractivity contribution < 1.29 is 4.79 Å². The first-order chi connectivity index (χ1) is 14.1. The van der Waals surface area contributed by atoms with Gasteiger partial charge in [-0.1, -0.05) is 38.0 Å². The van der Waals surface area contributed by atoms with E-state index in [4.69, 9.17) is 12.2 Å². The quantitative estimate of drug-likeness (QED) is 0.414. The van der Waals surface area contributed by atoms with E-state index in [1.54, 1.807) is 24.3 Å². The number of unbranched alkanes of at least 4 members (excludes halogenated alkanes) is 2. The van der Waals surface area contributed by atoms with Crippen LogP contribution in [0.3, 0.4) is 0 Å². The van der Waals surface area contributed by atoms with Gasteiger partial charge < -0.3 is 9.88 Å². The predicted molar refractivity (Wildman–Crippen MR) is 115 cm³/mol. The van der Waals surface area contributed by atoms with Crippen LogP contribution in [0.1, 0.15) is 49.4 Å². The first kappa shape index (κ1) is 20.9. The highest BCUT2D eigenvalue weighted by Crippen LogP contribution is 2.13. The molecule has 0 aliphatic rings. The van der Waals surface area contributed by atoms with E-state index < -0.39 is 0 Å². The largest absolute Gasteiger partial charge is 0.350 e. The predicted octanol–water partition coefficient (Wildman–Crippen LogP) is 2.83. The van der Waals surface area contributed by atoms with Gasteiger partial charge in [0.2, 0.25) is 0 Å². The fourth-order valence-electron chi connectivity index (χ4n) is 3.30. The van der Waals surface area contributed by atoms with Gasteiger partial charge in [0, 0.05) is 31.4 Å².